The maximum absolute atomic E-state index is 13.4. The highest BCUT2D eigenvalue weighted by molar-refractivity contribution is 7.93. The Bertz CT molecular complexity index is 1310. The van der Waals surface area contributed by atoms with Crippen LogP contribution in [0, 0.1) is 6.92 Å². The van der Waals surface area contributed by atoms with Crippen molar-refractivity contribution in [1.29, 1.82) is 0 Å². The molecule has 2 heterocycles. The van der Waals surface area contributed by atoms with Gasteiger partial charge in [0.2, 0.25) is 5.13 Å². The van der Waals surface area contributed by atoms with Gasteiger partial charge in [0.25, 0.3) is 15.9 Å². The van der Waals surface area contributed by atoms with Gasteiger partial charge in [-0.05, 0) is 75.6 Å². The van der Waals surface area contributed by atoms with Crippen molar-refractivity contribution in [1.82, 2.24) is 10.2 Å². The zero-order valence-corrected chi connectivity index (χ0v) is 20.8. The lowest BCUT2D eigenvalue weighted by atomic mass is 10.0. The van der Waals surface area contributed by atoms with E-state index >= 15 is 0 Å². The van der Waals surface area contributed by atoms with Crippen LogP contribution < -0.4 is 19.1 Å². The lowest BCUT2D eigenvalue weighted by Crippen LogP contribution is -2.35. The molecular weight excluding hydrogens is 476 g/mol. The number of aromatic nitrogens is 2. The smallest absolute Gasteiger partial charge is 0.263 e. The molecule has 1 aliphatic rings. The first kappa shape index (κ1) is 24.0. The van der Waals surface area contributed by atoms with Crippen LogP contribution >= 0.6 is 11.3 Å². The lowest BCUT2D eigenvalue weighted by Gasteiger charge is -2.30. The van der Waals surface area contributed by atoms with E-state index in [0.29, 0.717) is 53.9 Å². The first-order valence-corrected chi connectivity index (χ1v) is 13.3. The Hall–Kier alpha value is -3.18. The summed E-state index contributed by atoms with van der Waals surface area (Å²) in [5, 5.41) is 8.54. The molecular formula is C23H26N4O5S2. The van der Waals surface area contributed by atoms with Gasteiger partial charge < -0.3 is 14.4 Å². The Morgan fingerprint density at radius 3 is 2.56 bits per heavy atom. The molecule has 0 aliphatic carbocycles. The molecule has 34 heavy (non-hydrogen) atoms. The third-order valence-electron chi connectivity index (χ3n) is 5.26. The maximum Gasteiger partial charge on any atom is 0.263 e. The summed E-state index contributed by atoms with van der Waals surface area (Å²) in [6.07, 6.45) is 1.40. The second-order valence-corrected chi connectivity index (χ2v) is 10.5. The molecule has 0 atom stereocenters. The van der Waals surface area contributed by atoms with E-state index in [2.05, 4.69) is 14.9 Å². The summed E-state index contributed by atoms with van der Waals surface area (Å²) in [7, 11) is -3.82. The predicted molar refractivity (Wildman–Crippen MR) is 131 cm³/mol. The normalized spacial score (nSPS) is 13.3. The summed E-state index contributed by atoms with van der Waals surface area (Å²) in [6, 6.07) is 9.96. The van der Waals surface area contributed by atoms with Gasteiger partial charge in [-0.3, -0.25) is 9.52 Å². The number of hydrogen-bond acceptors (Lipinski definition) is 8. The van der Waals surface area contributed by atoms with Gasteiger partial charge in [-0.2, -0.15) is 0 Å². The minimum atomic E-state index is -3.82. The van der Waals surface area contributed by atoms with Crippen LogP contribution in [-0.2, 0) is 16.4 Å². The number of carbonyl (C=O) groups is 1. The molecule has 4 rings (SSSR count). The Labute approximate surface area is 202 Å². The van der Waals surface area contributed by atoms with Crippen molar-refractivity contribution >= 4 is 38.1 Å². The van der Waals surface area contributed by atoms with E-state index in [1.54, 1.807) is 42.2 Å². The highest BCUT2D eigenvalue weighted by Gasteiger charge is 2.27. The van der Waals surface area contributed by atoms with Gasteiger partial charge in [0.05, 0.1) is 18.1 Å². The van der Waals surface area contributed by atoms with Crippen molar-refractivity contribution in [3.05, 3.63) is 52.5 Å². The largest absolute Gasteiger partial charge is 0.490 e. The van der Waals surface area contributed by atoms with Crippen molar-refractivity contribution in [2.75, 3.05) is 29.4 Å². The number of benzene rings is 2. The van der Waals surface area contributed by atoms with E-state index in [9.17, 15) is 13.2 Å². The van der Waals surface area contributed by atoms with Crippen molar-refractivity contribution < 1.29 is 22.7 Å². The summed E-state index contributed by atoms with van der Waals surface area (Å²) >= 11 is 1.16. The number of rotatable bonds is 8. The fourth-order valence-corrected chi connectivity index (χ4v) is 5.68. The van der Waals surface area contributed by atoms with Crippen molar-refractivity contribution in [2.24, 2.45) is 0 Å². The highest BCUT2D eigenvalue weighted by Crippen LogP contribution is 2.33. The van der Waals surface area contributed by atoms with Gasteiger partial charge in [-0.15, -0.1) is 10.2 Å². The highest BCUT2D eigenvalue weighted by atomic mass is 32.2. The summed E-state index contributed by atoms with van der Waals surface area (Å²) < 4.78 is 39.4. The van der Waals surface area contributed by atoms with E-state index in [-0.39, 0.29) is 15.9 Å². The van der Waals surface area contributed by atoms with E-state index < -0.39 is 10.0 Å². The summed E-state index contributed by atoms with van der Waals surface area (Å²) in [5.41, 5.74) is 1.98. The molecule has 0 saturated heterocycles. The molecule has 180 valence electrons. The summed E-state index contributed by atoms with van der Waals surface area (Å²) in [6.45, 7) is 6.99. The second kappa shape index (κ2) is 9.98. The van der Waals surface area contributed by atoms with Crippen LogP contribution in [0.5, 0.6) is 11.5 Å². The predicted octanol–water partition coefficient (Wildman–Crippen LogP) is 4.04. The third kappa shape index (κ3) is 5.00. The number of nitrogens with zero attached hydrogens (tertiary/aromatic N) is 3. The van der Waals surface area contributed by atoms with Gasteiger partial charge in [-0.25, -0.2) is 8.42 Å². The Balaban J connectivity index is 1.61. The summed E-state index contributed by atoms with van der Waals surface area (Å²) in [5.74, 6) is 0.933. The number of sulfonamides is 1. The molecule has 0 radical (unpaired) electrons. The van der Waals surface area contributed by atoms with Gasteiger partial charge in [-0.1, -0.05) is 11.3 Å². The molecule has 0 bridgehead atoms. The second-order valence-electron chi connectivity index (χ2n) is 7.61. The molecule has 0 spiro atoms. The number of anilines is 2. The minimum Gasteiger partial charge on any atom is -0.490 e. The van der Waals surface area contributed by atoms with Crippen LogP contribution in [0.25, 0.3) is 0 Å². The zero-order chi connectivity index (χ0) is 24.3. The van der Waals surface area contributed by atoms with Crippen molar-refractivity contribution in [2.45, 2.75) is 38.5 Å². The van der Waals surface area contributed by atoms with Crippen LogP contribution in [0.15, 0.2) is 41.3 Å². The first-order valence-electron chi connectivity index (χ1n) is 11.0. The molecule has 0 fully saturated rings. The standard InChI is InChI=1S/C23H26N4O5S2/c1-4-31-20-11-8-17(14-21(20)32-5-2)22(28)27-12-6-7-16-13-18(9-10-19(16)27)34(29,30)26-23-25-24-15(3)33-23/h8-11,13-14H,4-7,12H2,1-3H3,(H,25,26). The average molecular weight is 503 g/mol. The number of nitrogens with one attached hydrogen (secondary N) is 1. The van der Waals surface area contributed by atoms with Gasteiger partial charge >= 0.3 is 0 Å². The molecule has 1 aliphatic heterocycles. The Kier molecular flexibility index (Phi) is 7.03. The molecule has 1 aromatic heterocycles. The molecule has 2 aromatic carbocycles. The molecule has 11 heteroatoms. The number of fused-ring (bicyclic) bond motifs is 1. The fraction of sp³-hybridized carbons (Fsp3) is 0.348. The maximum atomic E-state index is 13.4. The Morgan fingerprint density at radius 2 is 1.85 bits per heavy atom. The van der Waals surface area contributed by atoms with Crippen molar-refractivity contribution in [3.8, 4) is 11.5 Å². The quantitative estimate of drug-likeness (QED) is 0.495. The number of hydrogen-bond donors (Lipinski definition) is 1. The number of ether oxygens (including phenoxy) is 2. The average Bonchev–Trinajstić information content (AvgIpc) is 3.23. The van der Waals surface area contributed by atoms with E-state index in [4.69, 9.17) is 9.47 Å². The number of amides is 1. The SMILES string of the molecule is CCOc1ccc(C(=O)N2CCCc3cc(S(=O)(=O)Nc4nnc(C)s4)ccc32)cc1OCC. The minimum absolute atomic E-state index is 0.119. The zero-order valence-electron chi connectivity index (χ0n) is 19.2. The Morgan fingerprint density at radius 1 is 1.09 bits per heavy atom. The molecule has 0 saturated carbocycles. The topological polar surface area (TPSA) is 111 Å². The summed E-state index contributed by atoms with van der Waals surface area (Å²) in [4.78, 5) is 15.2. The molecule has 1 amide bonds. The van der Waals surface area contributed by atoms with Crippen LogP contribution in [-0.4, -0.2) is 44.3 Å². The number of carbonyl (C=O) groups excluding carboxylic acids is 1. The van der Waals surface area contributed by atoms with Gasteiger partial charge in [0.1, 0.15) is 5.01 Å². The monoisotopic (exact) mass is 502 g/mol. The molecule has 9 nitrogen and oxygen atoms in total. The lowest BCUT2D eigenvalue weighted by molar-refractivity contribution is 0.0984. The van der Waals surface area contributed by atoms with E-state index in [1.807, 2.05) is 13.8 Å². The molecule has 1 N–H and O–H groups in total. The molecule has 3 aromatic rings. The van der Waals surface area contributed by atoms with Crippen LogP contribution in [0.3, 0.4) is 0 Å². The van der Waals surface area contributed by atoms with Crippen LogP contribution in [0.1, 0.15) is 41.2 Å². The van der Waals surface area contributed by atoms with Gasteiger partial charge in [0.15, 0.2) is 11.5 Å². The first-order chi connectivity index (χ1) is 16.3. The van der Waals surface area contributed by atoms with E-state index in [0.717, 1.165) is 23.3 Å². The van der Waals surface area contributed by atoms with Crippen LogP contribution in [0.4, 0.5) is 10.8 Å². The third-order valence-corrected chi connectivity index (χ3v) is 7.48. The molecule has 0 unspecified atom stereocenters. The number of aryl methyl sites for hydroxylation is 2. The fourth-order valence-electron chi connectivity index (χ4n) is 3.80. The van der Waals surface area contributed by atoms with Crippen LogP contribution in [0.2, 0.25) is 0 Å². The van der Waals surface area contributed by atoms with Crippen molar-refractivity contribution in [3.63, 3.8) is 0 Å². The van der Waals surface area contributed by atoms with Gasteiger partial charge in [0, 0.05) is 17.8 Å². The van der Waals surface area contributed by atoms with E-state index in [1.165, 1.54) is 6.07 Å².